The Kier molecular flexibility index (Phi) is 2.95. The summed E-state index contributed by atoms with van der Waals surface area (Å²) in [6.07, 6.45) is 3.45. The van der Waals surface area contributed by atoms with E-state index in [0.717, 1.165) is 22.3 Å². The topological polar surface area (TPSA) is 62.1 Å². The molecule has 0 fully saturated rings. The SMILES string of the molecule is CN(C)c1nc(-c2cccnc2)nc2ccc(O)cc12. The quantitative estimate of drug-likeness (QED) is 0.772. The lowest BCUT2D eigenvalue weighted by molar-refractivity contribution is 0.476. The number of aromatic nitrogens is 3. The van der Waals surface area contributed by atoms with Gasteiger partial charge in [-0.3, -0.25) is 4.98 Å². The number of hydrogen-bond donors (Lipinski definition) is 1. The summed E-state index contributed by atoms with van der Waals surface area (Å²) in [5.74, 6) is 1.60. The van der Waals surface area contributed by atoms with Crippen LogP contribution in [0.2, 0.25) is 0 Å². The monoisotopic (exact) mass is 266 g/mol. The number of benzene rings is 1. The van der Waals surface area contributed by atoms with Gasteiger partial charge in [0.05, 0.1) is 5.52 Å². The molecule has 20 heavy (non-hydrogen) atoms. The van der Waals surface area contributed by atoms with Crippen molar-refractivity contribution < 1.29 is 5.11 Å². The van der Waals surface area contributed by atoms with E-state index in [1.165, 1.54) is 0 Å². The second-order valence-electron chi connectivity index (χ2n) is 4.71. The Morgan fingerprint density at radius 2 is 1.95 bits per heavy atom. The largest absolute Gasteiger partial charge is 0.508 e. The fourth-order valence-corrected chi connectivity index (χ4v) is 2.07. The zero-order valence-corrected chi connectivity index (χ0v) is 11.3. The third kappa shape index (κ3) is 2.14. The molecule has 0 saturated carbocycles. The molecule has 0 radical (unpaired) electrons. The van der Waals surface area contributed by atoms with Crippen LogP contribution in [-0.4, -0.2) is 34.2 Å². The predicted octanol–water partition coefficient (Wildman–Crippen LogP) is 2.46. The number of phenolic OH excluding ortho intramolecular Hbond substituents is 1. The van der Waals surface area contributed by atoms with Crippen molar-refractivity contribution in [3.8, 4) is 17.1 Å². The third-order valence-corrected chi connectivity index (χ3v) is 3.00. The van der Waals surface area contributed by atoms with Crippen molar-refractivity contribution >= 4 is 16.7 Å². The van der Waals surface area contributed by atoms with Crippen molar-refractivity contribution in [1.82, 2.24) is 15.0 Å². The first-order valence-corrected chi connectivity index (χ1v) is 6.23. The molecular weight excluding hydrogens is 252 g/mol. The van der Waals surface area contributed by atoms with Crippen LogP contribution in [0.1, 0.15) is 0 Å². The van der Waals surface area contributed by atoms with Gasteiger partial charge in [-0.05, 0) is 30.3 Å². The Morgan fingerprint density at radius 1 is 1.10 bits per heavy atom. The molecule has 0 spiro atoms. The standard InChI is InChI=1S/C15H14N4O/c1-19(2)15-12-8-11(20)5-6-13(12)17-14(18-15)10-4-3-7-16-9-10/h3-9,20H,1-2H3. The highest BCUT2D eigenvalue weighted by Crippen LogP contribution is 2.28. The Bertz CT molecular complexity index is 756. The lowest BCUT2D eigenvalue weighted by atomic mass is 10.2. The van der Waals surface area contributed by atoms with Crippen LogP contribution >= 0.6 is 0 Å². The molecule has 0 aliphatic carbocycles. The van der Waals surface area contributed by atoms with Crippen LogP contribution in [0.25, 0.3) is 22.3 Å². The van der Waals surface area contributed by atoms with Crippen LogP contribution in [0.3, 0.4) is 0 Å². The Morgan fingerprint density at radius 3 is 2.65 bits per heavy atom. The fraction of sp³-hybridized carbons (Fsp3) is 0.133. The molecule has 5 heteroatoms. The van der Waals surface area contributed by atoms with Gasteiger partial charge in [0.1, 0.15) is 11.6 Å². The minimum atomic E-state index is 0.207. The smallest absolute Gasteiger partial charge is 0.163 e. The van der Waals surface area contributed by atoms with Gasteiger partial charge in [0, 0.05) is 37.4 Å². The molecule has 0 aliphatic rings. The number of aromatic hydroxyl groups is 1. The molecule has 2 aromatic heterocycles. The van der Waals surface area contributed by atoms with E-state index in [1.54, 1.807) is 30.6 Å². The van der Waals surface area contributed by atoms with Gasteiger partial charge in [-0.25, -0.2) is 9.97 Å². The molecule has 0 aliphatic heterocycles. The van der Waals surface area contributed by atoms with Crippen molar-refractivity contribution in [2.45, 2.75) is 0 Å². The van der Waals surface area contributed by atoms with Gasteiger partial charge in [0.15, 0.2) is 5.82 Å². The number of hydrogen-bond acceptors (Lipinski definition) is 5. The number of fused-ring (bicyclic) bond motifs is 1. The van der Waals surface area contributed by atoms with Gasteiger partial charge in [0.25, 0.3) is 0 Å². The number of phenols is 1. The maximum atomic E-state index is 9.64. The van der Waals surface area contributed by atoms with Crippen LogP contribution < -0.4 is 4.90 Å². The van der Waals surface area contributed by atoms with Gasteiger partial charge in [-0.2, -0.15) is 0 Å². The fourth-order valence-electron chi connectivity index (χ4n) is 2.07. The van der Waals surface area contributed by atoms with Gasteiger partial charge in [0.2, 0.25) is 0 Å². The Labute approximate surface area is 116 Å². The van der Waals surface area contributed by atoms with Crippen molar-refractivity contribution in [1.29, 1.82) is 0 Å². The summed E-state index contributed by atoms with van der Waals surface area (Å²) in [4.78, 5) is 15.1. The zero-order valence-electron chi connectivity index (χ0n) is 11.3. The average Bonchev–Trinajstić information content (AvgIpc) is 2.47. The van der Waals surface area contributed by atoms with Crippen molar-refractivity contribution in [3.63, 3.8) is 0 Å². The highest BCUT2D eigenvalue weighted by Gasteiger charge is 2.11. The Balaban J connectivity index is 2.29. The molecule has 0 amide bonds. The molecule has 1 N–H and O–H groups in total. The van der Waals surface area contributed by atoms with Crippen molar-refractivity contribution in [2.75, 3.05) is 19.0 Å². The summed E-state index contributed by atoms with van der Waals surface area (Å²) in [6, 6.07) is 8.88. The lowest BCUT2D eigenvalue weighted by Gasteiger charge is -2.15. The summed E-state index contributed by atoms with van der Waals surface area (Å²) < 4.78 is 0. The van der Waals surface area contributed by atoms with Crippen LogP contribution in [0.15, 0.2) is 42.7 Å². The maximum absolute atomic E-state index is 9.64. The minimum absolute atomic E-state index is 0.207. The average molecular weight is 266 g/mol. The summed E-state index contributed by atoms with van der Waals surface area (Å²) >= 11 is 0. The zero-order chi connectivity index (χ0) is 14.1. The summed E-state index contributed by atoms with van der Waals surface area (Å²) in [5, 5.41) is 10.5. The normalized spacial score (nSPS) is 10.7. The molecule has 0 bridgehead atoms. The van der Waals surface area contributed by atoms with Crippen LogP contribution in [-0.2, 0) is 0 Å². The van der Waals surface area contributed by atoms with Gasteiger partial charge in [-0.15, -0.1) is 0 Å². The molecule has 2 heterocycles. The number of anilines is 1. The minimum Gasteiger partial charge on any atom is -0.508 e. The van der Waals surface area contributed by atoms with Crippen LogP contribution in [0.4, 0.5) is 5.82 Å². The number of pyridine rings is 1. The lowest BCUT2D eigenvalue weighted by Crippen LogP contribution is -2.12. The van der Waals surface area contributed by atoms with E-state index in [4.69, 9.17) is 0 Å². The molecule has 100 valence electrons. The van der Waals surface area contributed by atoms with E-state index in [2.05, 4.69) is 15.0 Å². The Hall–Kier alpha value is -2.69. The number of rotatable bonds is 2. The van der Waals surface area contributed by atoms with E-state index >= 15 is 0 Å². The second kappa shape index (κ2) is 4.77. The molecule has 0 unspecified atom stereocenters. The van der Waals surface area contributed by atoms with E-state index in [0.29, 0.717) is 5.82 Å². The highest BCUT2D eigenvalue weighted by atomic mass is 16.3. The molecular formula is C15H14N4O. The van der Waals surface area contributed by atoms with E-state index < -0.39 is 0 Å². The summed E-state index contributed by atoms with van der Waals surface area (Å²) in [6.45, 7) is 0. The first kappa shape index (κ1) is 12.3. The molecule has 3 rings (SSSR count). The molecule has 0 atom stereocenters. The van der Waals surface area contributed by atoms with Crippen LogP contribution in [0, 0.1) is 0 Å². The molecule has 5 nitrogen and oxygen atoms in total. The molecule has 1 aromatic carbocycles. The van der Waals surface area contributed by atoms with E-state index in [1.807, 2.05) is 31.1 Å². The van der Waals surface area contributed by atoms with Gasteiger partial charge in [-0.1, -0.05) is 0 Å². The second-order valence-corrected chi connectivity index (χ2v) is 4.71. The highest BCUT2D eigenvalue weighted by molar-refractivity contribution is 5.91. The number of nitrogens with zero attached hydrogens (tertiary/aromatic N) is 4. The maximum Gasteiger partial charge on any atom is 0.163 e. The first-order valence-electron chi connectivity index (χ1n) is 6.23. The van der Waals surface area contributed by atoms with Crippen LogP contribution in [0.5, 0.6) is 5.75 Å². The summed E-state index contributed by atoms with van der Waals surface area (Å²) in [5.41, 5.74) is 1.66. The van der Waals surface area contributed by atoms with Crippen molar-refractivity contribution in [3.05, 3.63) is 42.7 Å². The van der Waals surface area contributed by atoms with Crippen molar-refractivity contribution in [2.24, 2.45) is 0 Å². The van der Waals surface area contributed by atoms with E-state index in [-0.39, 0.29) is 5.75 Å². The molecule has 0 saturated heterocycles. The van der Waals surface area contributed by atoms with Gasteiger partial charge < -0.3 is 10.0 Å². The summed E-state index contributed by atoms with van der Waals surface area (Å²) in [7, 11) is 3.83. The molecule has 3 aromatic rings. The van der Waals surface area contributed by atoms with Gasteiger partial charge >= 0.3 is 0 Å². The van der Waals surface area contributed by atoms with E-state index in [9.17, 15) is 5.11 Å². The predicted molar refractivity (Wildman–Crippen MR) is 78.8 cm³/mol. The first-order chi connectivity index (χ1) is 9.65. The third-order valence-electron chi connectivity index (χ3n) is 3.00.